The second-order valence-electron chi connectivity index (χ2n) is 3.39. The van der Waals surface area contributed by atoms with E-state index in [0.717, 1.165) is 34.2 Å². The van der Waals surface area contributed by atoms with Gasteiger partial charge in [0.25, 0.3) is 0 Å². The fraction of sp³-hybridized carbons (Fsp3) is 0.364. The lowest BCUT2D eigenvalue weighted by Crippen LogP contribution is -2.11. The van der Waals surface area contributed by atoms with Crippen LogP contribution in [0.4, 0.5) is 0 Å². The molecular formula is C11H11BrO2. The van der Waals surface area contributed by atoms with Crippen LogP contribution in [-0.4, -0.2) is 12.9 Å². The molecule has 0 heterocycles. The van der Waals surface area contributed by atoms with Gasteiger partial charge < -0.3 is 4.74 Å². The lowest BCUT2D eigenvalue weighted by molar-refractivity contribution is 0.0971. The lowest BCUT2D eigenvalue weighted by atomic mass is 9.90. The Kier molecular flexibility index (Phi) is 2.59. The van der Waals surface area contributed by atoms with Gasteiger partial charge in [0.2, 0.25) is 0 Å². The Morgan fingerprint density at radius 1 is 1.36 bits per heavy atom. The van der Waals surface area contributed by atoms with Crippen molar-refractivity contribution < 1.29 is 9.53 Å². The second-order valence-corrected chi connectivity index (χ2v) is 4.19. The third-order valence-corrected chi connectivity index (χ3v) is 3.33. The minimum atomic E-state index is 0.219. The quantitative estimate of drug-likeness (QED) is 0.771. The van der Waals surface area contributed by atoms with Gasteiger partial charge in [0.1, 0.15) is 5.75 Å². The zero-order valence-corrected chi connectivity index (χ0v) is 9.56. The summed E-state index contributed by atoms with van der Waals surface area (Å²) in [7, 11) is 1.61. The van der Waals surface area contributed by atoms with Gasteiger partial charge >= 0.3 is 0 Å². The molecule has 0 spiro atoms. The largest absolute Gasteiger partial charge is 0.496 e. The first-order valence-corrected chi connectivity index (χ1v) is 5.42. The van der Waals surface area contributed by atoms with Gasteiger partial charge in [-0.15, -0.1) is 0 Å². The molecule has 0 atom stereocenters. The van der Waals surface area contributed by atoms with Gasteiger partial charge in [0.15, 0.2) is 5.78 Å². The molecule has 1 aromatic carbocycles. The summed E-state index contributed by atoms with van der Waals surface area (Å²) in [5.41, 5.74) is 1.95. The molecule has 2 nitrogen and oxygen atoms in total. The molecule has 2 rings (SSSR count). The van der Waals surface area contributed by atoms with Crippen LogP contribution in [0.1, 0.15) is 28.8 Å². The molecular weight excluding hydrogens is 244 g/mol. The molecule has 1 aromatic rings. The van der Waals surface area contributed by atoms with Crippen molar-refractivity contribution in [2.24, 2.45) is 0 Å². The van der Waals surface area contributed by atoms with E-state index in [1.807, 2.05) is 12.1 Å². The van der Waals surface area contributed by atoms with Crippen LogP contribution < -0.4 is 4.74 Å². The summed E-state index contributed by atoms with van der Waals surface area (Å²) in [6, 6.07) is 3.89. The summed E-state index contributed by atoms with van der Waals surface area (Å²) in [4.78, 5) is 11.7. The number of ketones is 1. The average molecular weight is 255 g/mol. The van der Waals surface area contributed by atoms with Crippen LogP contribution in [0.3, 0.4) is 0 Å². The normalized spacial score (nSPS) is 15.1. The Morgan fingerprint density at radius 3 is 2.86 bits per heavy atom. The first-order valence-electron chi connectivity index (χ1n) is 4.62. The van der Waals surface area contributed by atoms with E-state index >= 15 is 0 Å². The number of aryl methyl sites for hydroxylation is 1. The van der Waals surface area contributed by atoms with E-state index < -0.39 is 0 Å². The van der Waals surface area contributed by atoms with E-state index in [2.05, 4.69) is 15.9 Å². The Balaban J connectivity index is 2.60. The van der Waals surface area contributed by atoms with Gasteiger partial charge in [-0.25, -0.2) is 0 Å². The maximum Gasteiger partial charge on any atom is 0.164 e. The Bertz CT molecular complexity index is 385. The number of halogens is 1. The summed E-state index contributed by atoms with van der Waals surface area (Å²) in [5, 5.41) is 0. The molecule has 0 fully saturated rings. The number of rotatable bonds is 1. The number of hydrogen-bond acceptors (Lipinski definition) is 2. The number of carbonyl (C=O) groups is 1. The highest BCUT2D eigenvalue weighted by molar-refractivity contribution is 9.10. The van der Waals surface area contributed by atoms with Crippen LogP contribution in [0.2, 0.25) is 0 Å². The summed E-state index contributed by atoms with van der Waals surface area (Å²) < 4.78 is 5.97. The molecule has 0 unspecified atom stereocenters. The summed E-state index contributed by atoms with van der Waals surface area (Å²) in [6.07, 6.45) is 2.60. The molecule has 74 valence electrons. The molecule has 1 aliphatic rings. The van der Waals surface area contributed by atoms with Crippen molar-refractivity contribution in [3.05, 3.63) is 27.7 Å². The first kappa shape index (κ1) is 9.71. The highest BCUT2D eigenvalue weighted by Gasteiger charge is 2.21. The van der Waals surface area contributed by atoms with E-state index in [9.17, 15) is 4.79 Å². The number of carbonyl (C=O) groups excluding carboxylic acids is 1. The molecule has 0 saturated carbocycles. The molecule has 14 heavy (non-hydrogen) atoms. The zero-order chi connectivity index (χ0) is 10.1. The number of ether oxygens (including phenoxy) is 1. The standard InChI is InChI=1S/C11H11BrO2/c1-14-9-6-5-7-3-2-4-8(13)10(7)11(9)12/h5-6H,2-4H2,1H3. The maximum atomic E-state index is 11.7. The molecule has 3 heteroatoms. The molecule has 0 N–H and O–H groups in total. The smallest absolute Gasteiger partial charge is 0.164 e. The van der Waals surface area contributed by atoms with Crippen molar-refractivity contribution in [2.45, 2.75) is 19.3 Å². The Hall–Kier alpha value is -0.830. The SMILES string of the molecule is COc1ccc2c(c1Br)C(=O)CCC2. The lowest BCUT2D eigenvalue weighted by Gasteiger charge is -2.17. The predicted molar refractivity (Wildman–Crippen MR) is 58.0 cm³/mol. The van der Waals surface area contributed by atoms with Crippen LogP contribution >= 0.6 is 15.9 Å². The van der Waals surface area contributed by atoms with Gasteiger partial charge in [0.05, 0.1) is 11.6 Å². The highest BCUT2D eigenvalue weighted by atomic mass is 79.9. The number of Topliss-reactive ketones (excluding diaryl/α,β-unsaturated/α-hetero) is 1. The van der Waals surface area contributed by atoms with E-state index in [4.69, 9.17) is 4.74 Å². The molecule has 0 bridgehead atoms. The number of hydrogen-bond donors (Lipinski definition) is 0. The molecule has 0 radical (unpaired) electrons. The minimum absolute atomic E-state index is 0.219. The van der Waals surface area contributed by atoms with Crippen LogP contribution in [0, 0.1) is 0 Å². The molecule has 0 amide bonds. The van der Waals surface area contributed by atoms with Crippen LogP contribution in [-0.2, 0) is 6.42 Å². The van der Waals surface area contributed by atoms with Crippen molar-refractivity contribution in [1.82, 2.24) is 0 Å². The second kappa shape index (κ2) is 3.73. The summed E-state index contributed by atoms with van der Waals surface area (Å²) in [6.45, 7) is 0. The van der Waals surface area contributed by atoms with Crippen LogP contribution in [0.15, 0.2) is 16.6 Å². The van der Waals surface area contributed by atoms with Crippen molar-refractivity contribution in [3.8, 4) is 5.75 Å². The topological polar surface area (TPSA) is 26.3 Å². The number of benzene rings is 1. The maximum absolute atomic E-state index is 11.7. The van der Waals surface area contributed by atoms with Crippen LogP contribution in [0.5, 0.6) is 5.75 Å². The average Bonchev–Trinajstić information content (AvgIpc) is 2.18. The Labute approximate surface area is 91.4 Å². The monoisotopic (exact) mass is 254 g/mol. The van der Waals surface area contributed by atoms with Gasteiger partial charge in [-0.3, -0.25) is 4.79 Å². The van der Waals surface area contributed by atoms with Crippen molar-refractivity contribution in [3.63, 3.8) is 0 Å². The molecule has 0 saturated heterocycles. The van der Waals surface area contributed by atoms with E-state index in [0.29, 0.717) is 6.42 Å². The molecule has 0 aliphatic heterocycles. The summed E-state index contributed by atoms with van der Waals surface area (Å²) in [5.74, 6) is 0.955. The fourth-order valence-electron chi connectivity index (χ4n) is 1.83. The third-order valence-electron chi connectivity index (χ3n) is 2.54. The van der Waals surface area contributed by atoms with Gasteiger partial charge in [-0.05, 0) is 40.4 Å². The minimum Gasteiger partial charge on any atom is -0.496 e. The van der Waals surface area contributed by atoms with Crippen LogP contribution in [0.25, 0.3) is 0 Å². The van der Waals surface area contributed by atoms with Gasteiger partial charge in [0, 0.05) is 12.0 Å². The fourth-order valence-corrected chi connectivity index (χ4v) is 2.60. The first-order chi connectivity index (χ1) is 6.74. The van der Waals surface area contributed by atoms with Gasteiger partial charge in [-0.2, -0.15) is 0 Å². The Morgan fingerprint density at radius 2 is 2.14 bits per heavy atom. The third kappa shape index (κ3) is 1.46. The van der Waals surface area contributed by atoms with E-state index in [1.165, 1.54) is 0 Å². The van der Waals surface area contributed by atoms with E-state index in [-0.39, 0.29) is 5.78 Å². The summed E-state index contributed by atoms with van der Waals surface area (Å²) >= 11 is 3.42. The van der Waals surface area contributed by atoms with Crippen molar-refractivity contribution in [1.29, 1.82) is 0 Å². The number of fused-ring (bicyclic) bond motifs is 1. The number of methoxy groups -OCH3 is 1. The molecule has 1 aliphatic carbocycles. The zero-order valence-electron chi connectivity index (χ0n) is 7.97. The molecule has 0 aromatic heterocycles. The predicted octanol–water partition coefficient (Wildman–Crippen LogP) is 2.98. The van der Waals surface area contributed by atoms with Crippen molar-refractivity contribution in [2.75, 3.05) is 7.11 Å². The highest BCUT2D eigenvalue weighted by Crippen LogP contribution is 2.34. The van der Waals surface area contributed by atoms with E-state index in [1.54, 1.807) is 7.11 Å². The van der Waals surface area contributed by atoms with Gasteiger partial charge in [-0.1, -0.05) is 6.07 Å². The van der Waals surface area contributed by atoms with Crippen molar-refractivity contribution >= 4 is 21.7 Å².